The van der Waals surface area contributed by atoms with E-state index >= 15 is 0 Å². The average molecular weight is 325 g/mol. The molecule has 0 spiro atoms. The highest BCUT2D eigenvalue weighted by Crippen LogP contribution is 2.33. The number of methoxy groups -OCH3 is 1. The van der Waals surface area contributed by atoms with E-state index in [1.807, 2.05) is 6.07 Å². The Balaban J connectivity index is 1.76. The van der Waals surface area contributed by atoms with E-state index in [2.05, 4.69) is 40.4 Å². The lowest BCUT2D eigenvalue weighted by Crippen LogP contribution is -2.31. The minimum absolute atomic E-state index is 0.860. The summed E-state index contributed by atoms with van der Waals surface area (Å²) < 4.78 is 5.51. The van der Waals surface area contributed by atoms with Gasteiger partial charge < -0.3 is 9.64 Å². The highest BCUT2D eigenvalue weighted by atomic mass is 32.1. The lowest BCUT2D eigenvalue weighted by Gasteiger charge is -2.31. The molecule has 5 heteroatoms. The number of thiophene rings is 1. The minimum atomic E-state index is 0.860. The number of anilines is 1. The zero-order chi connectivity index (χ0) is 15.8. The molecule has 2 aromatic heterocycles. The number of hydrogen-bond acceptors (Lipinski definition) is 5. The fourth-order valence-corrected chi connectivity index (χ4v) is 4.01. The predicted octanol–water partition coefficient (Wildman–Crippen LogP) is 3.83. The van der Waals surface area contributed by atoms with Crippen LogP contribution < -0.4 is 9.64 Å². The normalized spacial score (nSPS) is 14.1. The first kappa shape index (κ1) is 14.5. The van der Waals surface area contributed by atoms with Crippen molar-refractivity contribution in [3.05, 3.63) is 46.6 Å². The van der Waals surface area contributed by atoms with Crippen LogP contribution in [0.4, 0.5) is 5.82 Å². The number of aromatic nitrogens is 2. The topological polar surface area (TPSA) is 38.2 Å². The van der Waals surface area contributed by atoms with Crippen molar-refractivity contribution in [1.29, 1.82) is 0 Å². The molecule has 0 saturated carbocycles. The molecule has 1 aliphatic heterocycles. The van der Waals surface area contributed by atoms with Crippen LogP contribution in [-0.2, 0) is 19.4 Å². The summed E-state index contributed by atoms with van der Waals surface area (Å²) in [6.45, 7) is 3.94. The number of nitrogens with zero attached hydrogens (tertiary/aromatic N) is 3. The number of rotatable bonds is 3. The average Bonchev–Trinajstić information content (AvgIpc) is 3.08. The van der Waals surface area contributed by atoms with Gasteiger partial charge in [-0.2, -0.15) is 0 Å². The van der Waals surface area contributed by atoms with Gasteiger partial charge in [-0.15, -0.1) is 11.3 Å². The van der Waals surface area contributed by atoms with Gasteiger partial charge >= 0.3 is 0 Å². The largest absolute Gasteiger partial charge is 0.496 e. The highest BCUT2D eigenvalue weighted by molar-refractivity contribution is 7.16. The van der Waals surface area contributed by atoms with Crippen LogP contribution in [0.25, 0.3) is 10.2 Å². The molecule has 0 fully saturated rings. The van der Waals surface area contributed by atoms with E-state index in [0.29, 0.717) is 0 Å². The van der Waals surface area contributed by atoms with Crippen LogP contribution in [0, 0.1) is 0 Å². The SMILES string of the molecule is CCc1nc(N2CCc3c(cccc3OC)C2)c2ccsc2n1. The van der Waals surface area contributed by atoms with Gasteiger partial charge in [0, 0.05) is 25.1 Å². The lowest BCUT2D eigenvalue weighted by atomic mass is 9.98. The van der Waals surface area contributed by atoms with Crippen molar-refractivity contribution in [1.82, 2.24) is 9.97 Å². The maximum absolute atomic E-state index is 5.51. The first-order valence-electron chi connectivity index (χ1n) is 7.94. The van der Waals surface area contributed by atoms with E-state index in [-0.39, 0.29) is 0 Å². The molecule has 1 aromatic carbocycles. The third-order valence-electron chi connectivity index (χ3n) is 4.41. The molecule has 118 valence electrons. The molecular weight excluding hydrogens is 306 g/mol. The van der Waals surface area contributed by atoms with Gasteiger partial charge in [0.25, 0.3) is 0 Å². The Morgan fingerprint density at radius 3 is 3.00 bits per heavy atom. The van der Waals surface area contributed by atoms with Crippen LogP contribution in [0.2, 0.25) is 0 Å². The Bertz CT molecular complexity index is 859. The van der Waals surface area contributed by atoms with Gasteiger partial charge in [-0.3, -0.25) is 0 Å². The standard InChI is InChI=1S/C18H19N3OS/c1-3-16-19-17(14-8-10-23-18(14)20-16)21-9-7-13-12(11-21)5-4-6-15(13)22-2/h4-6,8,10H,3,7,9,11H2,1-2H3. The molecule has 0 bridgehead atoms. The van der Waals surface area contributed by atoms with E-state index in [9.17, 15) is 0 Å². The Hall–Kier alpha value is -2.14. The van der Waals surface area contributed by atoms with Gasteiger partial charge in [-0.05, 0) is 29.5 Å². The van der Waals surface area contributed by atoms with Crippen LogP contribution in [0.15, 0.2) is 29.6 Å². The van der Waals surface area contributed by atoms with Gasteiger partial charge in [0.1, 0.15) is 22.2 Å². The number of ether oxygens (including phenoxy) is 1. The van der Waals surface area contributed by atoms with Crippen LogP contribution in [-0.4, -0.2) is 23.6 Å². The summed E-state index contributed by atoms with van der Waals surface area (Å²) in [4.78, 5) is 12.9. The van der Waals surface area contributed by atoms with Crippen molar-refractivity contribution < 1.29 is 4.74 Å². The van der Waals surface area contributed by atoms with Gasteiger partial charge in [0.2, 0.25) is 0 Å². The zero-order valence-electron chi connectivity index (χ0n) is 13.4. The number of benzene rings is 1. The fourth-order valence-electron chi connectivity index (χ4n) is 3.23. The van der Waals surface area contributed by atoms with Crippen LogP contribution in [0.3, 0.4) is 0 Å². The summed E-state index contributed by atoms with van der Waals surface area (Å²) in [6, 6.07) is 8.44. The summed E-state index contributed by atoms with van der Waals surface area (Å²) in [5.41, 5.74) is 2.66. The monoisotopic (exact) mass is 325 g/mol. The van der Waals surface area contributed by atoms with Crippen molar-refractivity contribution in [2.24, 2.45) is 0 Å². The lowest BCUT2D eigenvalue weighted by molar-refractivity contribution is 0.407. The summed E-state index contributed by atoms with van der Waals surface area (Å²) in [5.74, 6) is 2.99. The second kappa shape index (κ2) is 5.81. The molecule has 0 saturated heterocycles. The molecule has 4 rings (SSSR count). The van der Waals surface area contributed by atoms with Crippen molar-refractivity contribution in [2.45, 2.75) is 26.3 Å². The Labute approximate surface area is 139 Å². The quantitative estimate of drug-likeness (QED) is 0.734. The molecule has 23 heavy (non-hydrogen) atoms. The van der Waals surface area contributed by atoms with Gasteiger partial charge in [0.15, 0.2) is 0 Å². The summed E-state index contributed by atoms with van der Waals surface area (Å²) in [5, 5.41) is 3.27. The van der Waals surface area contributed by atoms with Gasteiger partial charge in [-0.1, -0.05) is 19.1 Å². The van der Waals surface area contributed by atoms with Gasteiger partial charge in [0.05, 0.1) is 12.5 Å². The second-order valence-corrected chi connectivity index (χ2v) is 6.62. The Kier molecular flexibility index (Phi) is 3.65. The van der Waals surface area contributed by atoms with Crippen molar-refractivity contribution in [3.8, 4) is 5.75 Å². The summed E-state index contributed by atoms with van der Waals surface area (Å²) in [7, 11) is 1.74. The Morgan fingerprint density at radius 1 is 1.26 bits per heavy atom. The minimum Gasteiger partial charge on any atom is -0.496 e. The molecule has 0 aliphatic carbocycles. The van der Waals surface area contributed by atoms with Crippen LogP contribution in [0.1, 0.15) is 23.9 Å². The molecule has 3 aromatic rings. The second-order valence-electron chi connectivity index (χ2n) is 5.73. The van der Waals surface area contributed by atoms with Crippen molar-refractivity contribution in [3.63, 3.8) is 0 Å². The van der Waals surface area contributed by atoms with E-state index in [1.165, 1.54) is 16.5 Å². The highest BCUT2D eigenvalue weighted by Gasteiger charge is 2.22. The molecule has 0 N–H and O–H groups in total. The molecule has 0 unspecified atom stereocenters. The molecule has 1 aliphatic rings. The number of aryl methyl sites for hydroxylation is 1. The smallest absolute Gasteiger partial charge is 0.141 e. The van der Waals surface area contributed by atoms with E-state index in [1.54, 1.807) is 18.4 Å². The number of hydrogen-bond donors (Lipinski definition) is 0. The van der Waals surface area contributed by atoms with Crippen LogP contribution in [0.5, 0.6) is 5.75 Å². The molecule has 0 radical (unpaired) electrons. The Morgan fingerprint density at radius 2 is 2.17 bits per heavy atom. The van der Waals surface area contributed by atoms with Crippen molar-refractivity contribution >= 4 is 27.4 Å². The third-order valence-corrected chi connectivity index (χ3v) is 5.22. The van der Waals surface area contributed by atoms with E-state index in [4.69, 9.17) is 9.72 Å². The molecule has 4 nitrogen and oxygen atoms in total. The fraction of sp³-hybridized carbons (Fsp3) is 0.333. The maximum Gasteiger partial charge on any atom is 0.141 e. The predicted molar refractivity (Wildman–Crippen MR) is 94.5 cm³/mol. The molecule has 0 atom stereocenters. The maximum atomic E-state index is 5.51. The van der Waals surface area contributed by atoms with Crippen molar-refractivity contribution in [2.75, 3.05) is 18.6 Å². The molecular formula is C18H19N3OS. The first-order valence-corrected chi connectivity index (χ1v) is 8.82. The first-order chi connectivity index (χ1) is 11.3. The van der Waals surface area contributed by atoms with E-state index in [0.717, 1.165) is 48.2 Å². The van der Waals surface area contributed by atoms with E-state index < -0.39 is 0 Å². The zero-order valence-corrected chi connectivity index (χ0v) is 14.2. The molecule has 0 amide bonds. The third kappa shape index (κ3) is 2.45. The summed E-state index contributed by atoms with van der Waals surface area (Å²) >= 11 is 1.69. The number of fused-ring (bicyclic) bond motifs is 2. The summed E-state index contributed by atoms with van der Waals surface area (Å²) in [6.07, 6.45) is 1.84. The molecule has 3 heterocycles. The van der Waals surface area contributed by atoms with Gasteiger partial charge in [-0.25, -0.2) is 9.97 Å². The van der Waals surface area contributed by atoms with Crippen LogP contribution >= 0.6 is 11.3 Å².